The summed E-state index contributed by atoms with van der Waals surface area (Å²) in [5, 5.41) is 3.25. The molecule has 1 aromatic rings. The minimum absolute atomic E-state index is 0.0444. The molecule has 5 heteroatoms. The maximum Gasteiger partial charge on any atom is 0.254 e. The minimum Gasteiger partial charge on any atom is -0.373 e. The highest BCUT2D eigenvalue weighted by Gasteiger charge is 2.24. The van der Waals surface area contributed by atoms with Crippen molar-refractivity contribution in [2.75, 3.05) is 18.9 Å². The number of pyridine rings is 1. The Morgan fingerprint density at radius 3 is 2.94 bits per heavy atom. The molecule has 1 N–H and O–H groups in total. The summed E-state index contributed by atoms with van der Waals surface area (Å²) in [5.74, 6) is 0.665. The molecule has 2 heterocycles. The van der Waals surface area contributed by atoms with Gasteiger partial charge in [-0.25, -0.2) is 4.98 Å². The molecule has 1 amide bonds. The molecular formula is C13H18ClN3O. The maximum absolute atomic E-state index is 12.4. The molecule has 0 aromatic carbocycles. The summed E-state index contributed by atoms with van der Waals surface area (Å²) in [6, 6.07) is 3.68. The molecule has 1 aromatic heterocycles. The lowest BCUT2D eigenvalue weighted by molar-refractivity contribution is 0.0635. The second kappa shape index (κ2) is 5.57. The fraction of sp³-hybridized carbons (Fsp3) is 0.538. The van der Waals surface area contributed by atoms with Crippen molar-refractivity contribution < 1.29 is 4.79 Å². The van der Waals surface area contributed by atoms with Gasteiger partial charge < -0.3 is 10.2 Å². The highest BCUT2D eigenvalue weighted by Crippen LogP contribution is 2.21. The summed E-state index contributed by atoms with van der Waals surface area (Å²) < 4.78 is 0. The van der Waals surface area contributed by atoms with E-state index in [1.54, 1.807) is 19.2 Å². The van der Waals surface area contributed by atoms with Gasteiger partial charge in [-0.15, -0.1) is 0 Å². The highest BCUT2D eigenvalue weighted by atomic mass is 35.5. The number of likely N-dealkylation sites (tertiary alicyclic amines) is 1. The molecule has 0 bridgehead atoms. The number of nitrogens with one attached hydrogen (secondary N) is 1. The number of aromatic nitrogens is 1. The van der Waals surface area contributed by atoms with Gasteiger partial charge in [-0.3, -0.25) is 4.79 Å². The number of carbonyl (C=O) groups is 1. The van der Waals surface area contributed by atoms with Crippen LogP contribution in [0.25, 0.3) is 0 Å². The molecule has 1 fully saturated rings. The molecule has 0 saturated carbocycles. The van der Waals surface area contributed by atoms with Crippen LogP contribution in [0.5, 0.6) is 0 Å². The number of nitrogens with zero attached hydrogens (tertiary/aromatic N) is 2. The van der Waals surface area contributed by atoms with Crippen molar-refractivity contribution >= 4 is 23.3 Å². The Kier molecular flexibility index (Phi) is 4.07. The van der Waals surface area contributed by atoms with E-state index in [1.165, 1.54) is 6.42 Å². The van der Waals surface area contributed by atoms with Gasteiger partial charge in [0.25, 0.3) is 5.91 Å². The van der Waals surface area contributed by atoms with Crippen molar-refractivity contribution in [1.29, 1.82) is 0 Å². The van der Waals surface area contributed by atoms with Crippen molar-refractivity contribution in [3.05, 3.63) is 22.8 Å². The van der Waals surface area contributed by atoms with Crippen LogP contribution in [0.15, 0.2) is 12.1 Å². The number of piperidine rings is 1. The lowest BCUT2D eigenvalue weighted by Crippen LogP contribution is -2.42. The smallest absolute Gasteiger partial charge is 0.254 e. The van der Waals surface area contributed by atoms with Crippen molar-refractivity contribution in [3.63, 3.8) is 0 Å². The number of carbonyl (C=O) groups excluding carboxylic acids is 1. The SMILES string of the molecule is CNc1cc(C(=O)N2CCCCC2C)cc(Cl)n1. The molecule has 0 radical (unpaired) electrons. The van der Waals surface area contributed by atoms with Crippen LogP contribution in [0, 0.1) is 0 Å². The third-order valence-electron chi connectivity index (χ3n) is 3.36. The monoisotopic (exact) mass is 267 g/mol. The predicted molar refractivity (Wildman–Crippen MR) is 73.1 cm³/mol. The fourth-order valence-corrected chi connectivity index (χ4v) is 2.52. The molecule has 98 valence electrons. The third-order valence-corrected chi connectivity index (χ3v) is 3.55. The standard InChI is InChI=1S/C13H18ClN3O/c1-9-5-3-4-6-17(9)13(18)10-7-11(14)16-12(8-10)15-2/h7-9H,3-6H2,1-2H3,(H,15,16). The van der Waals surface area contributed by atoms with Crippen LogP contribution in [-0.2, 0) is 0 Å². The zero-order valence-corrected chi connectivity index (χ0v) is 11.5. The second-order valence-electron chi connectivity index (χ2n) is 4.66. The number of rotatable bonds is 2. The molecule has 0 spiro atoms. The van der Waals surface area contributed by atoms with Crippen LogP contribution in [0.2, 0.25) is 5.15 Å². The molecule has 0 aliphatic carbocycles. The first kappa shape index (κ1) is 13.1. The molecule has 1 atom stereocenters. The van der Waals surface area contributed by atoms with Crippen LogP contribution < -0.4 is 5.32 Å². The van der Waals surface area contributed by atoms with Gasteiger partial charge in [0.2, 0.25) is 0 Å². The molecule has 4 nitrogen and oxygen atoms in total. The number of anilines is 1. The topological polar surface area (TPSA) is 45.2 Å². The molecular weight excluding hydrogens is 250 g/mol. The fourth-order valence-electron chi connectivity index (χ4n) is 2.31. The molecule has 1 unspecified atom stereocenters. The van der Waals surface area contributed by atoms with E-state index in [0.29, 0.717) is 22.6 Å². The molecule has 1 aliphatic rings. The average molecular weight is 268 g/mol. The van der Waals surface area contributed by atoms with Gasteiger partial charge >= 0.3 is 0 Å². The lowest BCUT2D eigenvalue weighted by atomic mass is 10.0. The summed E-state index contributed by atoms with van der Waals surface area (Å²) in [4.78, 5) is 18.4. The number of halogens is 1. The molecule has 1 saturated heterocycles. The van der Waals surface area contributed by atoms with Gasteiger partial charge in [-0.1, -0.05) is 11.6 Å². The Bertz CT molecular complexity index is 450. The highest BCUT2D eigenvalue weighted by molar-refractivity contribution is 6.29. The molecule has 18 heavy (non-hydrogen) atoms. The second-order valence-corrected chi connectivity index (χ2v) is 5.04. The number of hydrogen-bond acceptors (Lipinski definition) is 3. The minimum atomic E-state index is 0.0444. The van der Waals surface area contributed by atoms with E-state index in [4.69, 9.17) is 11.6 Å². The van der Waals surface area contributed by atoms with Gasteiger partial charge in [0, 0.05) is 25.2 Å². The van der Waals surface area contributed by atoms with Crippen molar-refractivity contribution in [3.8, 4) is 0 Å². The summed E-state index contributed by atoms with van der Waals surface area (Å²) in [5.41, 5.74) is 0.605. The Morgan fingerprint density at radius 1 is 1.50 bits per heavy atom. The van der Waals surface area contributed by atoms with Crippen LogP contribution >= 0.6 is 11.6 Å². The van der Waals surface area contributed by atoms with Crippen molar-refractivity contribution in [2.45, 2.75) is 32.2 Å². The first-order valence-corrected chi connectivity index (χ1v) is 6.66. The third kappa shape index (κ3) is 2.75. The van der Waals surface area contributed by atoms with Crippen LogP contribution in [-0.4, -0.2) is 35.4 Å². The van der Waals surface area contributed by atoms with E-state index in [1.807, 2.05) is 4.90 Å². The normalized spacial score (nSPS) is 19.7. The summed E-state index contributed by atoms with van der Waals surface area (Å²) >= 11 is 5.93. The first-order chi connectivity index (χ1) is 8.61. The summed E-state index contributed by atoms with van der Waals surface area (Å²) in [6.45, 7) is 2.92. The lowest BCUT2D eigenvalue weighted by Gasteiger charge is -2.33. The van der Waals surface area contributed by atoms with Crippen molar-refractivity contribution in [1.82, 2.24) is 9.88 Å². The van der Waals surface area contributed by atoms with Gasteiger partial charge in [0.1, 0.15) is 11.0 Å². The van der Waals surface area contributed by atoms with E-state index in [0.717, 1.165) is 19.4 Å². The number of hydrogen-bond donors (Lipinski definition) is 1. The molecule has 1 aliphatic heterocycles. The van der Waals surface area contributed by atoms with E-state index in [9.17, 15) is 4.79 Å². The van der Waals surface area contributed by atoms with E-state index in [-0.39, 0.29) is 5.91 Å². The Labute approximate surface area is 112 Å². The van der Waals surface area contributed by atoms with E-state index < -0.39 is 0 Å². The Hall–Kier alpha value is -1.29. The van der Waals surface area contributed by atoms with Gasteiger partial charge in [-0.2, -0.15) is 0 Å². The average Bonchev–Trinajstić information content (AvgIpc) is 2.37. The van der Waals surface area contributed by atoms with Crippen LogP contribution in [0.4, 0.5) is 5.82 Å². The Balaban J connectivity index is 2.24. The largest absolute Gasteiger partial charge is 0.373 e. The zero-order chi connectivity index (χ0) is 13.1. The Morgan fingerprint density at radius 2 is 2.28 bits per heavy atom. The van der Waals surface area contributed by atoms with E-state index in [2.05, 4.69) is 17.2 Å². The predicted octanol–water partition coefficient (Wildman–Crippen LogP) is 2.79. The van der Waals surface area contributed by atoms with E-state index >= 15 is 0 Å². The van der Waals surface area contributed by atoms with Crippen LogP contribution in [0.1, 0.15) is 36.5 Å². The number of amides is 1. The molecule has 2 rings (SSSR count). The van der Waals surface area contributed by atoms with Crippen molar-refractivity contribution in [2.24, 2.45) is 0 Å². The van der Waals surface area contributed by atoms with Gasteiger partial charge in [-0.05, 0) is 38.3 Å². The summed E-state index contributed by atoms with van der Waals surface area (Å²) in [7, 11) is 1.76. The summed E-state index contributed by atoms with van der Waals surface area (Å²) in [6.07, 6.45) is 3.35. The zero-order valence-electron chi connectivity index (χ0n) is 10.7. The maximum atomic E-state index is 12.4. The first-order valence-electron chi connectivity index (χ1n) is 6.28. The van der Waals surface area contributed by atoms with Gasteiger partial charge in [0.15, 0.2) is 0 Å². The van der Waals surface area contributed by atoms with Gasteiger partial charge in [0.05, 0.1) is 0 Å². The van der Waals surface area contributed by atoms with Crippen LogP contribution in [0.3, 0.4) is 0 Å². The quantitative estimate of drug-likeness (QED) is 0.838.